The third kappa shape index (κ3) is 2.55. The second-order valence-electron chi connectivity index (χ2n) is 5.81. The van der Waals surface area contributed by atoms with Gasteiger partial charge in [-0.25, -0.2) is 0 Å². The van der Waals surface area contributed by atoms with Crippen molar-refractivity contribution in [2.45, 2.75) is 44.0 Å². The van der Waals surface area contributed by atoms with Crippen molar-refractivity contribution in [1.29, 1.82) is 0 Å². The molecule has 1 N–H and O–H groups in total. The van der Waals surface area contributed by atoms with E-state index in [0.29, 0.717) is 12.2 Å². The molecule has 1 aromatic rings. The molecule has 0 aliphatic carbocycles. The summed E-state index contributed by atoms with van der Waals surface area (Å²) in [6.45, 7) is 4.15. The van der Waals surface area contributed by atoms with Crippen molar-refractivity contribution in [2.75, 3.05) is 11.1 Å². The summed E-state index contributed by atoms with van der Waals surface area (Å²) >= 11 is 1.72. The number of carbonyl (C=O) groups excluding carboxylic acids is 2. The normalized spacial score (nSPS) is 27.8. The monoisotopic (exact) mass is 304 g/mol. The quantitative estimate of drug-likeness (QED) is 0.934. The molecular weight excluding hydrogens is 284 g/mol. The Morgan fingerprint density at radius 1 is 1.52 bits per heavy atom. The summed E-state index contributed by atoms with van der Waals surface area (Å²) in [5.74, 6) is 0.710. The van der Waals surface area contributed by atoms with E-state index in [1.807, 2.05) is 24.3 Å². The molecule has 0 unspecified atom stereocenters. The lowest BCUT2D eigenvalue weighted by Gasteiger charge is -2.29. The van der Waals surface area contributed by atoms with Crippen molar-refractivity contribution < 1.29 is 9.59 Å². The van der Waals surface area contributed by atoms with E-state index in [-0.39, 0.29) is 22.7 Å². The van der Waals surface area contributed by atoms with Crippen molar-refractivity contribution in [2.24, 2.45) is 0 Å². The molecule has 0 bridgehead atoms. The van der Waals surface area contributed by atoms with Gasteiger partial charge in [0, 0.05) is 17.9 Å². The first-order chi connectivity index (χ1) is 10.0. The molecule has 4 nitrogen and oxygen atoms in total. The standard InChI is InChI=1S/C16H20N2O2S/c1-3-11-5-4-6-12(9-11)17-15(20)13-10-21-16(2)8-7-14(19)18(13)16/h4-6,9,13H,3,7-8,10H2,1-2H3,(H,17,20)/t13-,16+/m1/s1. The van der Waals surface area contributed by atoms with Gasteiger partial charge in [-0.05, 0) is 37.5 Å². The van der Waals surface area contributed by atoms with Crippen molar-refractivity contribution in [3.8, 4) is 0 Å². The molecule has 21 heavy (non-hydrogen) atoms. The Kier molecular flexibility index (Phi) is 3.69. The molecule has 0 aromatic heterocycles. The van der Waals surface area contributed by atoms with E-state index in [1.54, 1.807) is 16.7 Å². The average molecular weight is 304 g/mol. The van der Waals surface area contributed by atoms with Crippen LogP contribution in [0.1, 0.15) is 32.3 Å². The van der Waals surface area contributed by atoms with Gasteiger partial charge in [0.2, 0.25) is 11.8 Å². The number of nitrogens with zero attached hydrogens (tertiary/aromatic N) is 1. The molecule has 0 saturated carbocycles. The maximum atomic E-state index is 12.5. The number of carbonyl (C=O) groups is 2. The van der Waals surface area contributed by atoms with E-state index in [4.69, 9.17) is 0 Å². The van der Waals surface area contributed by atoms with E-state index in [2.05, 4.69) is 19.2 Å². The van der Waals surface area contributed by atoms with Gasteiger partial charge in [0.05, 0.1) is 4.87 Å². The van der Waals surface area contributed by atoms with Crippen LogP contribution < -0.4 is 5.32 Å². The minimum Gasteiger partial charge on any atom is -0.324 e. The van der Waals surface area contributed by atoms with E-state index in [1.165, 1.54) is 5.56 Å². The number of hydrogen-bond acceptors (Lipinski definition) is 3. The maximum absolute atomic E-state index is 12.5. The Bertz CT molecular complexity index is 589. The molecule has 5 heteroatoms. The molecule has 2 heterocycles. The van der Waals surface area contributed by atoms with Crippen LogP contribution in [-0.2, 0) is 16.0 Å². The summed E-state index contributed by atoms with van der Waals surface area (Å²) in [5.41, 5.74) is 2.00. The molecule has 1 aromatic carbocycles. The van der Waals surface area contributed by atoms with Crippen molar-refractivity contribution in [3.63, 3.8) is 0 Å². The number of fused-ring (bicyclic) bond motifs is 1. The van der Waals surface area contributed by atoms with Crippen molar-refractivity contribution >= 4 is 29.3 Å². The smallest absolute Gasteiger partial charge is 0.248 e. The topological polar surface area (TPSA) is 49.4 Å². The predicted molar refractivity (Wildman–Crippen MR) is 85.2 cm³/mol. The second-order valence-corrected chi connectivity index (χ2v) is 7.31. The Hall–Kier alpha value is -1.49. The number of anilines is 1. The highest BCUT2D eigenvalue weighted by Gasteiger charge is 2.52. The van der Waals surface area contributed by atoms with E-state index in [9.17, 15) is 9.59 Å². The number of hydrogen-bond donors (Lipinski definition) is 1. The van der Waals surface area contributed by atoms with Gasteiger partial charge in [-0.1, -0.05) is 19.1 Å². The third-order valence-electron chi connectivity index (χ3n) is 4.35. The highest BCUT2D eigenvalue weighted by Crippen LogP contribution is 2.47. The van der Waals surface area contributed by atoms with Gasteiger partial charge >= 0.3 is 0 Å². The van der Waals surface area contributed by atoms with Gasteiger partial charge in [0.1, 0.15) is 6.04 Å². The number of amides is 2. The largest absolute Gasteiger partial charge is 0.324 e. The summed E-state index contributed by atoms with van der Waals surface area (Å²) < 4.78 is 0. The molecule has 0 spiro atoms. The Morgan fingerprint density at radius 2 is 2.33 bits per heavy atom. The van der Waals surface area contributed by atoms with Gasteiger partial charge in [-0.15, -0.1) is 11.8 Å². The van der Waals surface area contributed by atoms with Crippen LogP contribution in [0.15, 0.2) is 24.3 Å². The Morgan fingerprint density at radius 3 is 3.10 bits per heavy atom. The van der Waals surface area contributed by atoms with Gasteiger partial charge in [-0.3, -0.25) is 9.59 Å². The van der Waals surface area contributed by atoms with Gasteiger partial charge in [-0.2, -0.15) is 0 Å². The summed E-state index contributed by atoms with van der Waals surface area (Å²) in [4.78, 5) is 26.2. The lowest BCUT2D eigenvalue weighted by molar-refractivity contribution is -0.135. The van der Waals surface area contributed by atoms with Gasteiger partial charge in [0.25, 0.3) is 0 Å². The lowest BCUT2D eigenvalue weighted by atomic mass is 10.1. The van der Waals surface area contributed by atoms with E-state index < -0.39 is 0 Å². The van der Waals surface area contributed by atoms with E-state index in [0.717, 1.165) is 18.5 Å². The molecule has 112 valence electrons. The number of aryl methyl sites for hydroxylation is 1. The number of nitrogens with one attached hydrogen (secondary N) is 1. The zero-order chi connectivity index (χ0) is 15.0. The highest BCUT2D eigenvalue weighted by atomic mass is 32.2. The maximum Gasteiger partial charge on any atom is 0.248 e. The van der Waals surface area contributed by atoms with Crippen LogP contribution in [-0.4, -0.2) is 33.4 Å². The van der Waals surface area contributed by atoms with Gasteiger partial charge < -0.3 is 10.2 Å². The van der Waals surface area contributed by atoms with Crippen LogP contribution >= 0.6 is 11.8 Å². The molecule has 2 saturated heterocycles. The molecule has 2 aliphatic heterocycles. The first-order valence-electron chi connectivity index (χ1n) is 7.39. The summed E-state index contributed by atoms with van der Waals surface area (Å²) in [5, 5.41) is 2.96. The highest BCUT2D eigenvalue weighted by molar-refractivity contribution is 8.01. The van der Waals surface area contributed by atoms with Crippen LogP contribution in [0.5, 0.6) is 0 Å². The fourth-order valence-corrected chi connectivity index (χ4v) is 4.54. The molecule has 2 fully saturated rings. The summed E-state index contributed by atoms with van der Waals surface area (Å²) in [7, 11) is 0. The first-order valence-corrected chi connectivity index (χ1v) is 8.38. The van der Waals surface area contributed by atoms with Crippen molar-refractivity contribution in [3.05, 3.63) is 29.8 Å². The SMILES string of the molecule is CCc1cccc(NC(=O)[C@H]2CS[C@@]3(C)CCC(=O)N23)c1. The fourth-order valence-electron chi connectivity index (χ4n) is 3.11. The Balaban J connectivity index is 1.75. The number of thioether (sulfide) groups is 1. The zero-order valence-electron chi connectivity index (χ0n) is 12.4. The first kappa shape index (κ1) is 14.4. The second kappa shape index (κ2) is 5.37. The zero-order valence-corrected chi connectivity index (χ0v) is 13.2. The van der Waals surface area contributed by atoms with Crippen LogP contribution in [0, 0.1) is 0 Å². The van der Waals surface area contributed by atoms with Crippen LogP contribution in [0.2, 0.25) is 0 Å². The summed E-state index contributed by atoms with van der Waals surface area (Å²) in [6, 6.07) is 7.53. The van der Waals surface area contributed by atoms with Crippen molar-refractivity contribution in [1.82, 2.24) is 4.90 Å². The molecule has 0 radical (unpaired) electrons. The van der Waals surface area contributed by atoms with Gasteiger partial charge in [0.15, 0.2) is 0 Å². The molecule has 2 atom stereocenters. The predicted octanol–water partition coefficient (Wildman–Crippen LogP) is 2.64. The van der Waals surface area contributed by atoms with E-state index >= 15 is 0 Å². The third-order valence-corrected chi connectivity index (χ3v) is 5.86. The van der Waals surface area contributed by atoms with Crippen LogP contribution in [0.4, 0.5) is 5.69 Å². The number of rotatable bonds is 3. The van der Waals surface area contributed by atoms with Crippen LogP contribution in [0.3, 0.4) is 0 Å². The molecular formula is C16H20N2O2S. The number of benzene rings is 1. The Labute approximate surface area is 129 Å². The van der Waals surface area contributed by atoms with Crippen LogP contribution in [0.25, 0.3) is 0 Å². The summed E-state index contributed by atoms with van der Waals surface area (Å²) in [6.07, 6.45) is 2.33. The fraction of sp³-hybridized carbons (Fsp3) is 0.500. The minimum atomic E-state index is -0.347. The lowest BCUT2D eigenvalue weighted by Crippen LogP contribution is -2.48. The molecule has 3 rings (SSSR count). The minimum absolute atomic E-state index is 0.0743. The average Bonchev–Trinajstić information content (AvgIpc) is 2.96. The molecule has 2 amide bonds. The molecule has 2 aliphatic rings.